The molecule has 0 aromatic carbocycles. The Labute approximate surface area is 125 Å². The third-order valence-electron chi connectivity index (χ3n) is 4.42. The molecule has 19 heavy (non-hydrogen) atoms. The Bertz CT molecular complexity index is 435. The van der Waals surface area contributed by atoms with E-state index in [0.29, 0.717) is 0 Å². The Morgan fingerprint density at radius 1 is 1.32 bits per heavy atom. The highest BCUT2D eigenvalue weighted by molar-refractivity contribution is 7.99. The van der Waals surface area contributed by atoms with E-state index >= 15 is 0 Å². The number of nitrogens with zero attached hydrogens (tertiary/aromatic N) is 1. The van der Waals surface area contributed by atoms with E-state index in [9.17, 15) is 0 Å². The van der Waals surface area contributed by atoms with Crippen LogP contribution in [0.25, 0.3) is 0 Å². The molecule has 1 aliphatic heterocycles. The fourth-order valence-electron chi connectivity index (χ4n) is 2.92. The van der Waals surface area contributed by atoms with Crippen LogP contribution < -0.4 is 5.32 Å². The molecule has 4 heteroatoms. The first-order chi connectivity index (χ1) is 8.97. The molecule has 0 spiro atoms. The van der Waals surface area contributed by atoms with Crippen LogP contribution in [-0.4, -0.2) is 23.0 Å². The highest BCUT2D eigenvalue weighted by atomic mass is 32.2. The maximum atomic E-state index is 4.98. The van der Waals surface area contributed by atoms with Crippen molar-refractivity contribution >= 4 is 23.1 Å². The fraction of sp³-hybridized carbons (Fsp3) is 0.800. The molecule has 0 amide bonds. The first-order valence-electron chi connectivity index (χ1n) is 7.26. The summed E-state index contributed by atoms with van der Waals surface area (Å²) < 4.78 is 0. The van der Waals surface area contributed by atoms with Gasteiger partial charge in [0.15, 0.2) is 0 Å². The number of hydrogen-bond donors (Lipinski definition) is 1. The molecular formula is C15H26N2S2. The van der Waals surface area contributed by atoms with Gasteiger partial charge < -0.3 is 5.32 Å². The fourth-order valence-corrected chi connectivity index (χ4v) is 6.09. The summed E-state index contributed by atoms with van der Waals surface area (Å²) in [7, 11) is 0. The lowest BCUT2D eigenvalue weighted by Gasteiger charge is -2.49. The van der Waals surface area contributed by atoms with Crippen molar-refractivity contribution in [3.8, 4) is 0 Å². The molecule has 108 valence electrons. The third-order valence-corrected chi connectivity index (χ3v) is 6.72. The van der Waals surface area contributed by atoms with Crippen molar-refractivity contribution in [2.75, 3.05) is 18.1 Å². The van der Waals surface area contributed by atoms with Crippen LogP contribution in [0.1, 0.15) is 49.7 Å². The summed E-state index contributed by atoms with van der Waals surface area (Å²) in [4.78, 5) is 6.37. The van der Waals surface area contributed by atoms with Gasteiger partial charge in [-0.3, -0.25) is 0 Å². The van der Waals surface area contributed by atoms with Crippen LogP contribution in [0.4, 0.5) is 0 Å². The number of nitrogens with one attached hydrogen (secondary N) is 1. The van der Waals surface area contributed by atoms with Gasteiger partial charge in [-0.15, -0.1) is 11.3 Å². The van der Waals surface area contributed by atoms with Gasteiger partial charge in [-0.25, -0.2) is 4.98 Å². The quantitative estimate of drug-likeness (QED) is 0.910. The summed E-state index contributed by atoms with van der Waals surface area (Å²) in [6.45, 7) is 12.4. The van der Waals surface area contributed by atoms with Crippen LogP contribution in [0.2, 0.25) is 0 Å². The molecule has 2 nitrogen and oxygen atoms in total. The zero-order valence-corrected chi connectivity index (χ0v) is 14.4. The van der Waals surface area contributed by atoms with Gasteiger partial charge in [0.25, 0.3) is 0 Å². The Kier molecular flexibility index (Phi) is 4.63. The normalized spacial score (nSPS) is 26.6. The topological polar surface area (TPSA) is 24.9 Å². The SMILES string of the molecule is CCNC1(c2nc(CC)c(C)s2)CSCCC1(C)C. The summed E-state index contributed by atoms with van der Waals surface area (Å²) >= 11 is 3.97. The van der Waals surface area contributed by atoms with E-state index in [-0.39, 0.29) is 11.0 Å². The second-order valence-electron chi connectivity index (χ2n) is 6.00. The number of hydrogen-bond acceptors (Lipinski definition) is 4. The summed E-state index contributed by atoms with van der Waals surface area (Å²) in [6, 6.07) is 0. The predicted molar refractivity (Wildman–Crippen MR) is 87.3 cm³/mol. The van der Waals surface area contributed by atoms with E-state index in [0.717, 1.165) is 18.7 Å². The molecule has 0 aliphatic carbocycles. The minimum absolute atomic E-state index is 0.0491. The minimum atomic E-state index is 0.0491. The maximum absolute atomic E-state index is 4.98. The van der Waals surface area contributed by atoms with E-state index in [1.165, 1.54) is 27.8 Å². The molecule has 1 aliphatic rings. The van der Waals surface area contributed by atoms with Crippen LogP contribution in [0.3, 0.4) is 0 Å². The molecule has 0 radical (unpaired) electrons. The zero-order chi connectivity index (χ0) is 14.1. The van der Waals surface area contributed by atoms with Crippen molar-refractivity contribution in [2.45, 2.75) is 53.0 Å². The molecule has 1 aromatic rings. The maximum Gasteiger partial charge on any atom is 0.115 e. The van der Waals surface area contributed by atoms with Gasteiger partial charge in [-0.05, 0) is 37.5 Å². The molecule has 2 rings (SSSR count). The predicted octanol–water partition coefficient (Wildman–Crippen LogP) is 3.98. The summed E-state index contributed by atoms with van der Waals surface area (Å²) in [5, 5.41) is 5.10. The van der Waals surface area contributed by atoms with Crippen molar-refractivity contribution in [3.05, 3.63) is 15.6 Å². The van der Waals surface area contributed by atoms with Crippen LogP contribution in [0.5, 0.6) is 0 Å². The highest BCUT2D eigenvalue weighted by Crippen LogP contribution is 2.49. The smallest absolute Gasteiger partial charge is 0.115 e. The lowest BCUT2D eigenvalue weighted by Crippen LogP contribution is -2.57. The van der Waals surface area contributed by atoms with E-state index in [2.05, 4.69) is 51.7 Å². The minimum Gasteiger partial charge on any atom is -0.305 e. The molecule has 1 saturated heterocycles. The van der Waals surface area contributed by atoms with E-state index in [4.69, 9.17) is 4.98 Å². The molecule has 1 N–H and O–H groups in total. The van der Waals surface area contributed by atoms with Crippen molar-refractivity contribution < 1.29 is 0 Å². The highest BCUT2D eigenvalue weighted by Gasteiger charge is 2.49. The number of aryl methyl sites for hydroxylation is 2. The number of aromatic nitrogens is 1. The molecule has 0 bridgehead atoms. The van der Waals surface area contributed by atoms with E-state index in [1.807, 2.05) is 11.3 Å². The lowest BCUT2D eigenvalue weighted by atomic mass is 9.71. The summed E-state index contributed by atoms with van der Waals surface area (Å²) in [5.41, 5.74) is 1.60. The van der Waals surface area contributed by atoms with E-state index < -0.39 is 0 Å². The molecule has 0 saturated carbocycles. The van der Waals surface area contributed by atoms with Gasteiger partial charge in [0.1, 0.15) is 5.01 Å². The molecule has 1 atom stereocenters. The molecule has 2 heterocycles. The molecule has 1 unspecified atom stereocenters. The molecule has 1 aromatic heterocycles. The number of thioether (sulfide) groups is 1. The second kappa shape index (κ2) is 5.74. The van der Waals surface area contributed by atoms with Crippen LogP contribution >= 0.6 is 23.1 Å². The van der Waals surface area contributed by atoms with Gasteiger partial charge in [-0.1, -0.05) is 27.7 Å². The van der Waals surface area contributed by atoms with Gasteiger partial charge in [0, 0.05) is 10.6 Å². The van der Waals surface area contributed by atoms with Crippen LogP contribution in [-0.2, 0) is 12.0 Å². The van der Waals surface area contributed by atoms with Crippen molar-refractivity contribution in [1.82, 2.24) is 10.3 Å². The Morgan fingerprint density at radius 3 is 2.58 bits per heavy atom. The summed E-state index contributed by atoms with van der Waals surface area (Å²) in [6.07, 6.45) is 2.29. The van der Waals surface area contributed by atoms with Crippen LogP contribution in [0.15, 0.2) is 0 Å². The van der Waals surface area contributed by atoms with Gasteiger partial charge in [0.05, 0.1) is 11.2 Å². The van der Waals surface area contributed by atoms with E-state index in [1.54, 1.807) is 0 Å². The average molecular weight is 299 g/mol. The zero-order valence-electron chi connectivity index (χ0n) is 12.8. The van der Waals surface area contributed by atoms with Gasteiger partial charge in [0.2, 0.25) is 0 Å². The standard InChI is InChI=1S/C15H26N2S2/c1-6-12-11(3)19-13(17-12)15(16-7-2)10-18-9-8-14(15,4)5/h16H,6-10H2,1-5H3. The molecule has 1 fully saturated rings. The largest absolute Gasteiger partial charge is 0.305 e. The Morgan fingerprint density at radius 2 is 2.05 bits per heavy atom. The average Bonchev–Trinajstić information content (AvgIpc) is 2.73. The van der Waals surface area contributed by atoms with Crippen LogP contribution in [0, 0.1) is 12.3 Å². The van der Waals surface area contributed by atoms with Crippen molar-refractivity contribution in [1.29, 1.82) is 0 Å². The van der Waals surface area contributed by atoms with Crippen molar-refractivity contribution in [3.63, 3.8) is 0 Å². The van der Waals surface area contributed by atoms with Crippen molar-refractivity contribution in [2.24, 2.45) is 5.41 Å². The van der Waals surface area contributed by atoms with Gasteiger partial charge >= 0.3 is 0 Å². The Hall–Kier alpha value is -0.0600. The number of thiazole rings is 1. The third kappa shape index (κ3) is 2.59. The number of rotatable bonds is 4. The Balaban J connectivity index is 2.48. The monoisotopic (exact) mass is 298 g/mol. The first kappa shape index (κ1) is 15.3. The first-order valence-corrected chi connectivity index (χ1v) is 9.23. The molecular weight excluding hydrogens is 272 g/mol. The second-order valence-corrected chi connectivity index (χ2v) is 8.31. The lowest BCUT2D eigenvalue weighted by molar-refractivity contribution is 0.131. The van der Waals surface area contributed by atoms with Gasteiger partial charge in [-0.2, -0.15) is 11.8 Å². The summed E-state index contributed by atoms with van der Waals surface area (Å²) in [5.74, 6) is 2.41.